The standard InChI is InChI=1S/C19H19N5O4/c1-10(2)24-17-14(9-20-24)13(8-15(21-17)16-6-5-7-26-16)19(25)27-11(3)18-23-22-12(4)28-18/h5-11H,1-4H3. The predicted molar refractivity (Wildman–Crippen MR) is 98.5 cm³/mol. The van der Waals surface area contributed by atoms with Crippen molar-refractivity contribution in [3.8, 4) is 11.5 Å². The van der Waals surface area contributed by atoms with Gasteiger partial charge in [-0.15, -0.1) is 10.2 Å². The molecule has 0 aliphatic rings. The molecule has 0 aliphatic carbocycles. The van der Waals surface area contributed by atoms with Gasteiger partial charge in [-0.05, 0) is 39.0 Å². The highest BCUT2D eigenvalue weighted by atomic mass is 16.6. The molecule has 4 heterocycles. The molecule has 0 amide bonds. The number of carbonyl (C=O) groups excluding carboxylic acids is 1. The topological polar surface area (TPSA) is 109 Å². The van der Waals surface area contributed by atoms with E-state index in [-0.39, 0.29) is 11.9 Å². The van der Waals surface area contributed by atoms with Gasteiger partial charge >= 0.3 is 5.97 Å². The molecule has 0 aliphatic heterocycles. The number of carbonyl (C=O) groups is 1. The van der Waals surface area contributed by atoms with Gasteiger partial charge in [0.05, 0.1) is 23.4 Å². The minimum Gasteiger partial charge on any atom is -0.463 e. The van der Waals surface area contributed by atoms with Crippen LogP contribution in [0.5, 0.6) is 0 Å². The Kier molecular flexibility index (Phi) is 4.42. The summed E-state index contributed by atoms with van der Waals surface area (Å²) in [7, 11) is 0. The highest BCUT2D eigenvalue weighted by Gasteiger charge is 2.24. The molecule has 0 radical (unpaired) electrons. The van der Waals surface area contributed by atoms with E-state index in [1.54, 1.807) is 49.2 Å². The highest BCUT2D eigenvalue weighted by Crippen LogP contribution is 2.28. The first-order valence-corrected chi connectivity index (χ1v) is 8.87. The summed E-state index contributed by atoms with van der Waals surface area (Å²) in [5.74, 6) is 0.655. The predicted octanol–water partition coefficient (Wildman–Crippen LogP) is 3.88. The van der Waals surface area contributed by atoms with E-state index in [1.807, 2.05) is 13.8 Å². The first-order chi connectivity index (χ1) is 13.4. The molecular formula is C19H19N5O4. The van der Waals surface area contributed by atoms with Gasteiger partial charge in [-0.25, -0.2) is 14.5 Å². The van der Waals surface area contributed by atoms with E-state index in [9.17, 15) is 4.79 Å². The SMILES string of the molecule is Cc1nnc(C(C)OC(=O)c2cc(-c3ccco3)nc3c2cnn3C(C)C)o1. The molecule has 0 fully saturated rings. The molecule has 1 unspecified atom stereocenters. The van der Waals surface area contributed by atoms with Gasteiger partial charge in [0.25, 0.3) is 5.89 Å². The molecule has 0 aromatic carbocycles. The van der Waals surface area contributed by atoms with Gasteiger partial charge in [-0.3, -0.25) is 0 Å². The number of esters is 1. The number of aryl methyl sites for hydroxylation is 1. The lowest BCUT2D eigenvalue weighted by Gasteiger charge is -2.12. The summed E-state index contributed by atoms with van der Waals surface area (Å²) in [6.45, 7) is 7.33. The molecule has 0 spiro atoms. The summed E-state index contributed by atoms with van der Waals surface area (Å²) in [4.78, 5) is 17.6. The summed E-state index contributed by atoms with van der Waals surface area (Å²) in [5.41, 5.74) is 1.44. The Morgan fingerprint density at radius 1 is 1.25 bits per heavy atom. The van der Waals surface area contributed by atoms with Gasteiger partial charge in [0, 0.05) is 13.0 Å². The van der Waals surface area contributed by atoms with E-state index >= 15 is 0 Å². The van der Waals surface area contributed by atoms with Crippen LogP contribution in [-0.4, -0.2) is 30.9 Å². The molecule has 0 N–H and O–H groups in total. The van der Waals surface area contributed by atoms with Crippen molar-refractivity contribution in [2.45, 2.75) is 39.8 Å². The van der Waals surface area contributed by atoms with Crippen molar-refractivity contribution in [2.75, 3.05) is 0 Å². The fraction of sp³-hybridized carbons (Fsp3) is 0.316. The average Bonchev–Trinajstić information content (AvgIpc) is 3.40. The first-order valence-electron chi connectivity index (χ1n) is 8.87. The van der Waals surface area contributed by atoms with Crippen LogP contribution in [0.1, 0.15) is 55.1 Å². The Labute approximate surface area is 160 Å². The van der Waals surface area contributed by atoms with E-state index in [0.717, 1.165) is 0 Å². The van der Waals surface area contributed by atoms with Crippen LogP contribution in [0.4, 0.5) is 0 Å². The van der Waals surface area contributed by atoms with E-state index in [0.29, 0.717) is 33.9 Å². The number of aromatic nitrogens is 5. The molecule has 4 aromatic rings. The van der Waals surface area contributed by atoms with E-state index < -0.39 is 12.1 Å². The summed E-state index contributed by atoms with van der Waals surface area (Å²) in [5, 5.41) is 12.6. The van der Waals surface area contributed by atoms with Crippen LogP contribution in [-0.2, 0) is 4.74 Å². The number of fused-ring (bicyclic) bond motifs is 1. The number of nitrogens with zero attached hydrogens (tertiary/aromatic N) is 5. The molecule has 0 bridgehead atoms. The van der Waals surface area contributed by atoms with Crippen molar-refractivity contribution in [2.24, 2.45) is 0 Å². The molecule has 1 atom stereocenters. The van der Waals surface area contributed by atoms with Crippen molar-refractivity contribution < 1.29 is 18.4 Å². The van der Waals surface area contributed by atoms with Gasteiger partial charge in [0.2, 0.25) is 5.89 Å². The largest absolute Gasteiger partial charge is 0.463 e. The number of pyridine rings is 1. The van der Waals surface area contributed by atoms with E-state index in [1.165, 1.54) is 0 Å². The van der Waals surface area contributed by atoms with E-state index in [2.05, 4.69) is 20.3 Å². The molecule has 0 saturated carbocycles. The third-order valence-electron chi connectivity index (χ3n) is 4.22. The van der Waals surface area contributed by atoms with Crippen molar-refractivity contribution in [1.82, 2.24) is 25.0 Å². The summed E-state index contributed by atoms with van der Waals surface area (Å²) >= 11 is 0. The zero-order valence-electron chi connectivity index (χ0n) is 15.9. The van der Waals surface area contributed by atoms with Crippen LogP contribution in [0.15, 0.2) is 39.5 Å². The van der Waals surface area contributed by atoms with Crippen LogP contribution in [0, 0.1) is 6.92 Å². The fourth-order valence-electron chi connectivity index (χ4n) is 2.87. The van der Waals surface area contributed by atoms with Crippen LogP contribution in [0.3, 0.4) is 0 Å². The molecule has 4 aromatic heterocycles. The minimum absolute atomic E-state index is 0.0704. The second-order valence-corrected chi connectivity index (χ2v) is 6.66. The molecule has 4 rings (SSSR count). The summed E-state index contributed by atoms with van der Waals surface area (Å²) in [6.07, 6.45) is 2.48. The maximum absolute atomic E-state index is 12.9. The van der Waals surface area contributed by atoms with Gasteiger partial charge in [0.15, 0.2) is 17.5 Å². The number of hydrogen-bond acceptors (Lipinski definition) is 8. The second-order valence-electron chi connectivity index (χ2n) is 6.66. The van der Waals surface area contributed by atoms with Gasteiger partial charge in [-0.1, -0.05) is 0 Å². The minimum atomic E-state index is -0.691. The Bertz CT molecular complexity index is 1130. The molecule has 9 nitrogen and oxygen atoms in total. The monoisotopic (exact) mass is 381 g/mol. The van der Waals surface area contributed by atoms with E-state index in [4.69, 9.17) is 13.6 Å². The Morgan fingerprint density at radius 3 is 2.71 bits per heavy atom. The number of ether oxygens (including phenoxy) is 1. The average molecular weight is 381 g/mol. The molecule has 9 heteroatoms. The maximum Gasteiger partial charge on any atom is 0.339 e. The van der Waals surface area contributed by atoms with Gasteiger partial charge in [0.1, 0.15) is 5.69 Å². The van der Waals surface area contributed by atoms with Crippen LogP contribution < -0.4 is 0 Å². The van der Waals surface area contributed by atoms with Crippen LogP contribution in [0.2, 0.25) is 0 Å². The van der Waals surface area contributed by atoms with Crippen molar-refractivity contribution in [1.29, 1.82) is 0 Å². The number of furan rings is 1. The number of hydrogen-bond donors (Lipinski definition) is 0. The lowest BCUT2D eigenvalue weighted by molar-refractivity contribution is 0.0279. The number of rotatable bonds is 5. The summed E-state index contributed by atoms with van der Waals surface area (Å²) in [6, 6.07) is 5.25. The fourth-order valence-corrected chi connectivity index (χ4v) is 2.87. The molecule has 0 saturated heterocycles. The molecule has 28 heavy (non-hydrogen) atoms. The molecule has 144 valence electrons. The first kappa shape index (κ1) is 17.9. The normalized spacial score (nSPS) is 12.6. The van der Waals surface area contributed by atoms with Crippen molar-refractivity contribution in [3.05, 3.63) is 48.0 Å². The summed E-state index contributed by atoms with van der Waals surface area (Å²) < 4.78 is 18.1. The van der Waals surface area contributed by atoms with Gasteiger partial charge < -0.3 is 13.6 Å². The van der Waals surface area contributed by atoms with Crippen molar-refractivity contribution >= 4 is 17.0 Å². The molecular weight excluding hydrogens is 362 g/mol. The van der Waals surface area contributed by atoms with Crippen molar-refractivity contribution in [3.63, 3.8) is 0 Å². The maximum atomic E-state index is 12.9. The third-order valence-corrected chi connectivity index (χ3v) is 4.22. The zero-order valence-corrected chi connectivity index (χ0v) is 15.9. The smallest absolute Gasteiger partial charge is 0.339 e. The third kappa shape index (κ3) is 3.15. The van der Waals surface area contributed by atoms with Gasteiger partial charge in [-0.2, -0.15) is 5.10 Å². The highest BCUT2D eigenvalue weighted by molar-refractivity contribution is 6.03. The Morgan fingerprint density at radius 2 is 2.07 bits per heavy atom. The second kappa shape index (κ2) is 6.91. The quantitative estimate of drug-likeness (QED) is 0.479. The Balaban J connectivity index is 1.77. The lowest BCUT2D eigenvalue weighted by Crippen LogP contribution is -2.11. The van der Waals surface area contributed by atoms with Crippen LogP contribution in [0.25, 0.3) is 22.5 Å². The zero-order chi connectivity index (χ0) is 19.8. The Hall–Kier alpha value is -3.49. The van der Waals surface area contributed by atoms with Crippen LogP contribution >= 0.6 is 0 Å². The lowest BCUT2D eigenvalue weighted by atomic mass is 10.1.